The van der Waals surface area contributed by atoms with E-state index in [0.29, 0.717) is 0 Å². The number of benzene rings is 2. The van der Waals surface area contributed by atoms with Gasteiger partial charge in [-0.2, -0.15) is 0 Å². The summed E-state index contributed by atoms with van der Waals surface area (Å²) in [4.78, 5) is 35.5. The Labute approximate surface area is 173 Å². The minimum Gasteiger partial charge on any atom is -0.481 e. The van der Waals surface area contributed by atoms with Crippen LogP contribution in [-0.4, -0.2) is 48.4 Å². The molecule has 8 heteroatoms. The molecule has 0 saturated heterocycles. The summed E-state index contributed by atoms with van der Waals surface area (Å²) in [6.07, 6.45) is -1.55. The quantitative estimate of drug-likeness (QED) is 0.616. The van der Waals surface area contributed by atoms with Crippen molar-refractivity contribution >= 4 is 18.0 Å². The highest BCUT2D eigenvalue weighted by molar-refractivity contribution is 5.89. The predicted octanol–water partition coefficient (Wildman–Crippen LogP) is 2.84. The summed E-state index contributed by atoms with van der Waals surface area (Å²) in [5, 5.41) is 13.6. The summed E-state index contributed by atoms with van der Waals surface area (Å²) >= 11 is 0. The van der Waals surface area contributed by atoms with Gasteiger partial charge in [0.2, 0.25) is 5.91 Å². The molecule has 2 unspecified atom stereocenters. The number of fused-ring (bicyclic) bond motifs is 3. The van der Waals surface area contributed by atoms with Crippen molar-refractivity contribution in [3.63, 3.8) is 0 Å². The average Bonchev–Trinajstić information content (AvgIpc) is 3.05. The standard InChI is InChI=1S/C22H23FN2O5/c1-13(11-23)24-21(28)19(10-20(26)27)25-22(29)30-12-18-16-8-4-2-6-14(16)15-7-3-5-9-17(15)18/h2-9,13,18-19H,10-12H2,1H3,(H,24,28)(H,25,29)(H,26,27). The van der Waals surface area contributed by atoms with E-state index in [1.165, 1.54) is 6.92 Å². The Bertz CT molecular complexity index is 903. The van der Waals surface area contributed by atoms with Gasteiger partial charge in [0.15, 0.2) is 0 Å². The number of alkyl carbamates (subject to hydrolysis) is 1. The Hall–Kier alpha value is -3.42. The van der Waals surface area contributed by atoms with Crippen LogP contribution in [0.4, 0.5) is 9.18 Å². The first kappa shape index (κ1) is 21.3. The van der Waals surface area contributed by atoms with E-state index in [2.05, 4.69) is 10.6 Å². The molecule has 2 aromatic rings. The lowest BCUT2D eigenvalue weighted by molar-refractivity contribution is -0.140. The fraction of sp³-hybridized carbons (Fsp3) is 0.318. The molecule has 2 atom stereocenters. The molecule has 0 aromatic heterocycles. The number of alkyl halides is 1. The third-order valence-corrected chi connectivity index (χ3v) is 4.95. The summed E-state index contributed by atoms with van der Waals surface area (Å²) in [5.41, 5.74) is 4.21. The van der Waals surface area contributed by atoms with Gasteiger partial charge in [-0.3, -0.25) is 9.59 Å². The fourth-order valence-corrected chi connectivity index (χ4v) is 3.55. The molecule has 0 aliphatic heterocycles. The maximum atomic E-state index is 12.6. The van der Waals surface area contributed by atoms with Crippen molar-refractivity contribution in [1.82, 2.24) is 10.6 Å². The number of hydrogen-bond acceptors (Lipinski definition) is 4. The molecule has 2 aromatic carbocycles. The van der Waals surface area contributed by atoms with E-state index in [0.717, 1.165) is 22.3 Å². The van der Waals surface area contributed by atoms with Gasteiger partial charge < -0.3 is 20.5 Å². The Morgan fingerprint density at radius 2 is 1.60 bits per heavy atom. The van der Waals surface area contributed by atoms with Gasteiger partial charge in [0.05, 0.1) is 12.5 Å². The molecule has 2 amide bonds. The number of ether oxygens (including phenoxy) is 1. The van der Waals surface area contributed by atoms with Gasteiger partial charge in [-0.15, -0.1) is 0 Å². The van der Waals surface area contributed by atoms with E-state index >= 15 is 0 Å². The van der Waals surface area contributed by atoms with Crippen molar-refractivity contribution in [1.29, 1.82) is 0 Å². The highest BCUT2D eigenvalue weighted by Gasteiger charge is 2.30. The molecule has 30 heavy (non-hydrogen) atoms. The van der Waals surface area contributed by atoms with Crippen LogP contribution in [0.25, 0.3) is 11.1 Å². The van der Waals surface area contributed by atoms with Crippen molar-refractivity contribution in [3.8, 4) is 11.1 Å². The van der Waals surface area contributed by atoms with Crippen LogP contribution in [0.1, 0.15) is 30.4 Å². The molecule has 3 rings (SSSR count). The van der Waals surface area contributed by atoms with Gasteiger partial charge in [-0.1, -0.05) is 48.5 Å². The summed E-state index contributed by atoms with van der Waals surface area (Å²) in [6, 6.07) is 13.5. The number of hydrogen-bond donors (Lipinski definition) is 3. The number of aliphatic carboxylic acids is 1. The van der Waals surface area contributed by atoms with Gasteiger partial charge in [-0.05, 0) is 29.2 Å². The number of carboxylic acids is 1. The molecule has 1 aliphatic carbocycles. The smallest absolute Gasteiger partial charge is 0.407 e. The third-order valence-electron chi connectivity index (χ3n) is 4.95. The van der Waals surface area contributed by atoms with Crippen LogP contribution in [0.15, 0.2) is 48.5 Å². The molecular weight excluding hydrogens is 391 g/mol. The van der Waals surface area contributed by atoms with Gasteiger partial charge in [0.25, 0.3) is 0 Å². The van der Waals surface area contributed by atoms with Crippen LogP contribution in [0.2, 0.25) is 0 Å². The van der Waals surface area contributed by atoms with Crippen LogP contribution >= 0.6 is 0 Å². The summed E-state index contributed by atoms with van der Waals surface area (Å²) in [7, 11) is 0. The number of carbonyl (C=O) groups excluding carboxylic acids is 2. The highest BCUT2D eigenvalue weighted by atomic mass is 19.1. The second-order valence-electron chi connectivity index (χ2n) is 7.18. The Morgan fingerprint density at radius 3 is 2.13 bits per heavy atom. The minimum atomic E-state index is -1.37. The molecule has 0 saturated carbocycles. The molecule has 1 aliphatic rings. The first-order valence-corrected chi connectivity index (χ1v) is 9.60. The number of carboxylic acid groups (broad SMARTS) is 1. The zero-order valence-electron chi connectivity index (χ0n) is 16.4. The molecule has 158 valence electrons. The van der Waals surface area contributed by atoms with Gasteiger partial charge in [0.1, 0.15) is 19.3 Å². The predicted molar refractivity (Wildman–Crippen MR) is 108 cm³/mol. The van der Waals surface area contributed by atoms with Gasteiger partial charge in [-0.25, -0.2) is 9.18 Å². The molecule has 3 N–H and O–H groups in total. The van der Waals surface area contributed by atoms with Crippen LogP contribution in [0.3, 0.4) is 0 Å². The lowest BCUT2D eigenvalue weighted by Crippen LogP contribution is -2.50. The SMILES string of the molecule is CC(CF)NC(=O)C(CC(=O)O)NC(=O)OCC1c2ccccc2-c2ccccc21. The topological polar surface area (TPSA) is 105 Å². The summed E-state index contributed by atoms with van der Waals surface area (Å²) in [5.74, 6) is -2.22. The molecule has 0 bridgehead atoms. The van der Waals surface area contributed by atoms with E-state index in [9.17, 15) is 18.8 Å². The minimum absolute atomic E-state index is 0.0299. The van der Waals surface area contributed by atoms with E-state index in [4.69, 9.17) is 9.84 Å². The van der Waals surface area contributed by atoms with Crippen molar-refractivity contribution in [2.75, 3.05) is 13.3 Å². The highest BCUT2D eigenvalue weighted by Crippen LogP contribution is 2.44. The van der Waals surface area contributed by atoms with Crippen LogP contribution in [0, 0.1) is 0 Å². The van der Waals surface area contributed by atoms with E-state index in [1.54, 1.807) is 0 Å². The Balaban J connectivity index is 1.67. The first-order chi connectivity index (χ1) is 14.4. The van der Waals surface area contributed by atoms with E-state index < -0.39 is 43.1 Å². The Kier molecular flexibility index (Phi) is 6.66. The molecular formula is C22H23FN2O5. The lowest BCUT2D eigenvalue weighted by atomic mass is 9.98. The van der Waals surface area contributed by atoms with Crippen LogP contribution in [-0.2, 0) is 14.3 Å². The summed E-state index contributed by atoms with van der Waals surface area (Å²) in [6.45, 7) is 0.654. The van der Waals surface area contributed by atoms with Crippen LogP contribution in [0.5, 0.6) is 0 Å². The second kappa shape index (κ2) is 9.39. The maximum Gasteiger partial charge on any atom is 0.407 e. The molecule has 0 heterocycles. The largest absolute Gasteiger partial charge is 0.481 e. The fourth-order valence-electron chi connectivity index (χ4n) is 3.55. The second-order valence-corrected chi connectivity index (χ2v) is 7.18. The van der Waals surface area contributed by atoms with Crippen LogP contribution < -0.4 is 10.6 Å². The lowest BCUT2D eigenvalue weighted by Gasteiger charge is -2.20. The first-order valence-electron chi connectivity index (χ1n) is 9.60. The van der Waals surface area contributed by atoms with Crippen molar-refractivity contribution in [2.45, 2.75) is 31.3 Å². The monoisotopic (exact) mass is 414 g/mol. The van der Waals surface area contributed by atoms with Crippen molar-refractivity contribution in [3.05, 3.63) is 59.7 Å². The zero-order valence-corrected chi connectivity index (χ0v) is 16.4. The number of nitrogens with one attached hydrogen (secondary N) is 2. The normalized spacial score (nSPS) is 14.2. The third kappa shape index (κ3) is 4.76. The van der Waals surface area contributed by atoms with Gasteiger partial charge in [0, 0.05) is 5.92 Å². The maximum absolute atomic E-state index is 12.6. The molecule has 0 radical (unpaired) electrons. The number of rotatable bonds is 8. The number of amides is 2. The van der Waals surface area contributed by atoms with E-state index in [1.807, 2.05) is 48.5 Å². The van der Waals surface area contributed by atoms with Crippen molar-refractivity contribution in [2.24, 2.45) is 0 Å². The average molecular weight is 414 g/mol. The zero-order chi connectivity index (χ0) is 21.7. The number of halogens is 1. The molecule has 0 spiro atoms. The molecule has 0 fully saturated rings. The summed E-state index contributed by atoms with van der Waals surface area (Å²) < 4.78 is 18.0. The number of carbonyl (C=O) groups is 3. The van der Waals surface area contributed by atoms with Crippen molar-refractivity contribution < 1.29 is 28.6 Å². The molecule has 7 nitrogen and oxygen atoms in total. The van der Waals surface area contributed by atoms with Gasteiger partial charge >= 0.3 is 12.1 Å². The Morgan fingerprint density at radius 1 is 1.03 bits per heavy atom. The van der Waals surface area contributed by atoms with E-state index in [-0.39, 0.29) is 12.5 Å².